The van der Waals surface area contributed by atoms with Gasteiger partial charge in [0.05, 0.1) is 13.2 Å². The molecule has 0 aliphatic carbocycles. The van der Waals surface area contributed by atoms with Crippen LogP contribution in [0.25, 0.3) is 0 Å². The number of aliphatic hydroxyl groups excluding tert-OH is 1. The topological polar surface area (TPSA) is 52.6 Å². The van der Waals surface area contributed by atoms with Gasteiger partial charge in [-0.3, -0.25) is 4.79 Å². The number of aliphatic hydroxyl groups is 1. The van der Waals surface area contributed by atoms with Gasteiger partial charge in [-0.2, -0.15) is 0 Å². The molecule has 78 valence electrons. The van der Waals surface area contributed by atoms with Crippen LogP contribution < -0.4 is 5.32 Å². The normalized spacial score (nSPS) is 10.5. The summed E-state index contributed by atoms with van der Waals surface area (Å²) in [6.07, 6.45) is 0. The molecule has 0 fully saturated rings. The van der Waals surface area contributed by atoms with Crippen molar-refractivity contribution in [3.05, 3.63) is 0 Å². The monoisotopic (exact) mass is 188 g/mol. The molecule has 0 aromatic heterocycles. The highest BCUT2D eigenvalue weighted by Crippen LogP contribution is 1.88. The summed E-state index contributed by atoms with van der Waals surface area (Å²) in [6.45, 7) is 7.36. The molecule has 0 saturated carbocycles. The number of nitrogens with one attached hydrogen (secondary N) is 1. The zero-order chi connectivity index (χ0) is 10.3. The maximum absolute atomic E-state index is 11.4. The van der Waals surface area contributed by atoms with E-state index in [1.165, 1.54) is 0 Å². The number of carbonyl (C=O) groups is 1. The predicted molar refractivity (Wildman–Crippen MR) is 52.5 cm³/mol. The lowest BCUT2D eigenvalue weighted by molar-refractivity contribution is -0.130. The summed E-state index contributed by atoms with van der Waals surface area (Å²) in [4.78, 5) is 13.1. The summed E-state index contributed by atoms with van der Waals surface area (Å²) in [5, 5.41) is 11.7. The predicted octanol–water partition coefficient (Wildman–Crippen LogP) is -0.175. The van der Waals surface area contributed by atoms with E-state index in [4.69, 9.17) is 5.11 Å². The van der Waals surface area contributed by atoms with Crippen LogP contribution in [0.1, 0.15) is 20.8 Å². The molecule has 0 radical (unpaired) electrons. The van der Waals surface area contributed by atoms with Gasteiger partial charge < -0.3 is 15.3 Å². The maximum atomic E-state index is 11.4. The van der Waals surface area contributed by atoms with E-state index in [2.05, 4.69) is 5.32 Å². The van der Waals surface area contributed by atoms with Gasteiger partial charge in [0.15, 0.2) is 0 Å². The quantitative estimate of drug-likeness (QED) is 0.608. The molecule has 1 amide bonds. The van der Waals surface area contributed by atoms with Crippen LogP contribution in [0.5, 0.6) is 0 Å². The minimum Gasteiger partial charge on any atom is -0.395 e. The Morgan fingerprint density at radius 1 is 1.54 bits per heavy atom. The van der Waals surface area contributed by atoms with Crippen molar-refractivity contribution in [2.75, 3.05) is 26.2 Å². The fourth-order valence-corrected chi connectivity index (χ4v) is 0.983. The van der Waals surface area contributed by atoms with Crippen LogP contribution in [0.4, 0.5) is 0 Å². The number of carbonyl (C=O) groups excluding carboxylic acids is 1. The van der Waals surface area contributed by atoms with Crippen molar-refractivity contribution in [1.82, 2.24) is 10.2 Å². The van der Waals surface area contributed by atoms with Crippen LogP contribution in [0.15, 0.2) is 0 Å². The summed E-state index contributed by atoms with van der Waals surface area (Å²) < 4.78 is 0. The van der Waals surface area contributed by atoms with Crippen LogP contribution >= 0.6 is 0 Å². The molecule has 0 bridgehead atoms. The van der Waals surface area contributed by atoms with Gasteiger partial charge >= 0.3 is 0 Å². The fourth-order valence-electron chi connectivity index (χ4n) is 0.983. The fraction of sp³-hybridized carbons (Fsp3) is 0.889. The molecule has 0 aromatic rings. The number of amides is 1. The molecule has 0 spiro atoms. The second-order valence-electron chi connectivity index (χ2n) is 3.23. The first-order chi connectivity index (χ1) is 6.11. The van der Waals surface area contributed by atoms with Crippen molar-refractivity contribution in [2.45, 2.75) is 26.8 Å². The molecular formula is C9H20N2O2. The molecule has 0 rings (SSSR count). The van der Waals surface area contributed by atoms with Gasteiger partial charge in [-0.15, -0.1) is 0 Å². The van der Waals surface area contributed by atoms with Gasteiger partial charge in [0, 0.05) is 19.1 Å². The zero-order valence-corrected chi connectivity index (χ0v) is 8.71. The molecule has 0 atom stereocenters. The molecule has 0 aliphatic rings. The summed E-state index contributed by atoms with van der Waals surface area (Å²) in [5.74, 6) is 0.0465. The molecule has 0 heterocycles. The molecule has 4 nitrogen and oxygen atoms in total. The minimum atomic E-state index is 0.0290. The van der Waals surface area contributed by atoms with Crippen molar-refractivity contribution >= 4 is 5.91 Å². The Balaban J connectivity index is 3.77. The van der Waals surface area contributed by atoms with Crippen molar-refractivity contribution < 1.29 is 9.90 Å². The van der Waals surface area contributed by atoms with Gasteiger partial charge in [-0.1, -0.05) is 13.8 Å². The number of hydrogen-bond donors (Lipinski definition) is 2. The molecule has 13 heavy (non-hydrogen) atoms. The van der Waals surface area contributed by atoms with Crippen LogP contribution in [0, 0.1) is 0 Å². The first-order valence-corrected chi connectivity index (χ1v) is 4.73. The number of nitrogens with zero attached hydrogens (tertiary/aromatic N) is 1. The highest BCUT2D eigenvalue weighted by molar-refractivity contribution is 5.78. The molecule has 0 unspecified atom stereocenters. The van der Waals surface area contributed by atoms with Gasteiger partial charge in [-0.25, -0.2) is 0 Å². The summed E-state index contributed by atoms with van der Waals surface area (Å²) in [6, 6.07) is 0.316. The average Bonchev–Trinajstić information content (AvgIpc) is 2.10. The smallest absolute Gasteiger partial charge is 0.236 e. The number of hydrogen-bond acceptors (Lipinski definition) is 3. The molecular weight excluding hydrogens is 168 g/mol. The Bertz CT molecular complexity index is 149. The second kappa shape index (κ2) is 6.86. The van der Waals surface area contributed by atoms with Crippen LogP contribution in [0.2, 0.25) is 0 Å². The van der Waals surface area contributed by atoms with Gasteiger partial charge in [-0.05, 0) is 6.92 Å². The van der Waals surface area contributed by atoms with Crippen LogP contribution in [-0.2, 0) is 4.79 Å². The van der Waals surface area contributed by atoms with Crippen molar-refractivity contribution in [3.8, 4) is 0 Å². The Kier molecular flexibility index (Phi) is 6.54. The molecule has 4 heteroatoms. The summed E-state index contributed by atoms with van der Waals surface area (Å²) >= 11 is 0. The van der Waals surface area contributed by atoms with Gasteiger partial charge in [0.25, 0.3) is 0 Å². The number of rotatable bonds is 6. The molecule has 2 N–H and O–H groups in total. The Morgan fingerprint density at radius 2 is 2.15 bits per heavy atom. The molecule has 0 aliphatic heterocycles. The SMILES string of the molecule is CCN(CCO)C(=O)CNC(C)C. The number of likely N-dealkylation sites (N-methyl/N-ethyl adjacent to an activating group) is 1. The standard InChI is InChI=1S/C9H20N2O2/c1-4-11(5-6-12)9(13)7-10-8(2)3/h8,10,12H,4-7H2,1-3H3. The average molecular weight is 188 g/mol. The van der Waals surface area contributed by atoms with Crippen molar-refractivity contribution in [1.29, 1.82) is 0 Å². The second-order valence-corrected chi connectivity index (χ2v) is 3.23. The van der Waals surface area contributed by atoms with Crippen molar-refractivity contribution in [2.24, 2.45) is 0 Å². The summed E-state index contributed by atoms with van der Waals surface area (Å²) in [7, 11) is 0. The molecule has 0 aromatic carbocycles. The van der Waals surface area contributed by atoms with E-state index in [1.807, 2.05) is 20.8 Å². The highest BCUT2D eigenvalue weighted by atomic mass is 16.3. The lowest BCUT2D eigenvalue weighted by Gasteiger charge is -2.20. The lowest BCUT2D eigenvalue weighted by Crippen LogP contribution is -2.41. The first-order valence-electron chi connectivity index (χ1n) is 4.73. The van der Waals surface area contributed by atoms with E-state index in [1.54, 1.807) is 4.90 Å². The van der Waals surface area contributed by atoms with E-state index in [0.29, 0.717) is 25.7 Å². The Morgan fingerprint density at radius 3 is 2.54 bits per heavy atom. The first kappa shape index (κ1) is 12.4. The third kappa shape index (κ3) is 5.60. The largest absolute Gasteiger partial charge is 0.395 e. The third-order valence-corrected chi connectivity index (χ3v) is 1.77. The minimum absolute atomic E-state index is 0.0290. The van der Waals surface area contributed by atoms with E-state index >= 15 is 0 Å². The molecule has 0 saturated heterocycles. The van der Waals surface area contributed by atoms with E-state index < -0.39 is 0 Å². The Hall–Kier alpha value is -0.610. The third-order valence-electron chi connectivity index (χ3n) is 1.77. The lowest BCUT2D eigenvalue weighted by atomic mass is 10.3. The maximum Gasteiger partial charge on any atom is 0.236 e. The van der Waals surface area contributed by atoms with Crippen molar-refractivity contribution in [3.63, 3.8) is 0 Å². The van der Waals surface area contributed by atoms with E-state index in [-0.39, 0.29) is 12.5 Å². The zero-order valence-electron chi connectivity index (χ0n) is 8.71. The van der Waals surface area contributed by atoms with E-state index in [9.17, 15) is 4.79 Å². The van der Waals surface area contributed by atoms with E-state index in [0.717, 1.165) is 0 Å². The summed E-state index contributed by atoms with van der Waals surface area (Å²) in [5.41, 5.74) is 0. The van der Waals surface area contributed by atoms with Gasteiger partial charge in [0.2, 0.25) is 5.91 Å². The van der Waals surface area contributed by atoms with Crippen LogP contribution in [-0.4, -0.2) is 48.2 Å². The Labute approximate surface area is 79.9 Å². The van der Waals surface area contributed by atoms with Crippen LogP contribution in [0.3, 0.4) is 0 Å². The highest BCUT2D eigenvalue weighted by Gasteiger charge is 2.10. The van der Waals surface area contributed by atoms with Gasteiger partial charge in [0.1, 0.15) is 0 Å².